The maximum atomic E-state index is 11.5. The van der Waals surface area contributed by atoms with E-state index in [9.17, 15) is 19.5 Å². The normalized spacial score (nSPS) is 23.9. The number of carbonyl (C=O) groups is 3. The molecule has 0 saturated carbocycles. The highest BCUT2D eigenvalue weighted by molar-refractivity contribution is 6.15. The SMILES string of the molecule is O=C1C=CC(=O)N1C1(C(=O)O)CCNCC1. The summed E-state index contributed by atoms with van der Waals surface area (Å²) in [5.41, 5.74) is -1.37. The third-order valence-corrected chi connectivity index (χ3v) is 3.07. The highest BCUT2D eigenvalue weighted by Gasteiger charge is 2.50. The highest BCUT2D eigenvalue weighted by atomic mass is 16.4. The van der Waals surface area contributed by atoms with Gasteiger partial charge in [0.15, 0.2) is 5.54 Å². The maximum Gasteiger partial charge on any atom is 0.330 e. The van der Waals surface area contributed by atoms with Gasteiger partial charge in [0.2, 0.25) is 0 Å². The van der Waals surface area contributed by atoms with Gasteiger partial charge in [-0.05, 0) is 25.9 Å². The fourth-order valence-corrected chi connectivity index (χ4v) is 2.20. The summed E-state index contributed by atoms with van der Waals surface area (Å²) in [4.78, 5) is 35.3. The predicted octanol–water partition coefficient (Wildman–Crippen LogP) is -0.882. The smallest absolute Gasteiger partial charge is 0.330 e. The number of carboxylic acids is 1. The van der Waals surface area contributed by atoms with Crippen LogP contribution in [0.5, 0.6) is 0 Å². The van der Waals surface area contributed by atoms with Crippen molar-refractivity contribution in [1.82, 2.24) is 10.2 Å². The number of hydrogen-bond donors (Lipinski definition) is 2. The van der Waals surface area contributed by atoms with Crippen molar-refractivity contribution in [2.75, 3.05) is 13.1 Å². The van der Waals surface area contributed by atoms with Crippen molar-refractivity contribution < 1.29 is 19.5 Å². The van der Waals surface area contributed by atoms with Gasteiger partial charge in [-0.2, -0.15) is 0 Å². The van der Waals surface area contributed by atoms with E-state index in [1.807, 2.05) is 0 Å². The number of carbonyl (C=O) groups excluding carboxylic acids is 2. The van der Waals surface area contributed by atoms with E-state index in [1.54, 1.807) is 0 Å². The van der Waals surface area contributed by atoms with Gasteiger partial charge in [-0.15, -0.1) is 0 Å². The molecule has 0 aromatic rings. The average molecular weight is 224 g/mol. The molecule has 2 heterocycles. The number of aliphatic carboxylic acids is 1. The molecule has 0 aliphatic carbocycles. The molecule has 0 radical (unpaired) electrons. The molecule has 2 amide bonds. The van der Waals surface area contributed by atoms with Gasteiger partial charge in [0.25, 0.3) is 11.8 Å². The monoisotopic (exact) mass is 224 g/mol. The number of imide groups is 1. The van der Waals surface area contributed by atoms with E-state index in [0.29, 0.717) is 13.1 Å². The van der Waals surface area contributed by atoms with Crippen molar-refractivity contribution in [2.24, 2.45) is 0 Å². The Morgan fingerprint density at radius 1 is 1.25 bits per heavy atom. The molecule has 0 aromatic carbocycles. The van der Waals surface area contributed by atoms with Crippen molar-refractivity contribution in [3.63, 3.8) is 0 Å². The molecule has 2 aliphatic rings. The fourth-order valence-electron chi connectivity index (χ4n) is 2.20. The van der Waals surface area contributed by atoms with Gasteiger partial charge >= 0.3 is 5.97 Å². The van der Waals surface area contributed by atoms with Gasteiger partial charge in [0.05, 0.1) is 0 Å². The molecular weight excluding hydrogens is 212 g/mol. The number of hydrogen-bond acceptors (Lipinski definition) is 4. The second-order valence-electron chi connectivity index (χ2n) is 3.93. The Kier molecular flexibility index (Phi) is 2.51. The number of nitrogens with zero attached hydrogens (tertiary/aromatic N) is 1. The van der Waals surface area contributed by atoms with E-state index in [0.717, 1.165) is 17.1 Å². The summed E-state index contributed by atoms with van der Waals surface area (Å²) in [6, 6.07) is 0. The van der Waals surface area contributed by atoms with Crippen LogP contribution >= 0.6 is 0 Å². The summed E-state index contributed by atoms with van der Waals surface area (Å²) < 4.78 is 0. The molecule has 0 atom stereocenters. The quantitative estimate of drug-likeness (QED) is 0.595. The molecule has 6 nitrogen and oxygen atoms in total. The van der Waals surface area contributed by atoms with Gasteiger partial charge in [0, 0.05) is 12.2 Å². The van der Waals surface area contributed by atoms with E-state index in [2.05, 4.69) is 5.32 Å². The van der Waals surface area contributed by atoms with E-state index in [-0.39, 0.29) is 12.8 Å². The number of nitrogens with one attached hydrogen (secondary N) is 1. The lowest BCUT2D eigenvalue weighted by Gasteiger charge is -2.39. The standard InChI is InChI=1S/C10H12N2O4/c13-7-1-2-8(14)12(7)10(9(15)16)3-5-11-6-4-10/h1-2,11H,3-6H2,(H,15,16). The topological polar surface area (TPSA) is 86.7 Å². The van der Waals surface area contributed by atoms with E-state index < -0.39 is 23.3 Å². The van der Waals surface area contributed by atoms with Crippen LogP contribution in [0.15, 0.2) is 12.2 Å². The summed E-state index contributed by atoms with van der Waals surface area (Å²) in [6.45, 7) is 0.979. The molecule has 86 valence electrons. The summed E-state index contributed by atoms with van der Waals surface area (Å²) in [5, 5.41) is 12.3. The molecule has 2 aliphatic heterocycles. The number of piperidine rings is 1. The van der Waals surface area contributed by atoms with Crippen LogP contribution < -0.4 is 5.32 Å². The van der Waals surface area contributed by atoms with Gasteiger partial charge in [-0.25, -0.2) is 4.79 Å². The zero-order chi connectivity index (χ0) is 11.8. The van der Waals surface area contributed by atoms with Crippen LogP contribution in [0, 0.1) is 0 Å². The second kappa shape index (κ2) is 3.71. The van der Waals surface area contributed by atoms with E-state index in [4.69, 9.17) is 0 Å². The first-order valence-electron chi connectivity index (χ1n) is 5.08. The molecule has 0 spiro atoms. The van der Waals surface area contributed by atoms with Gasteiger partial charge < -0.3 is 10.4 Å². The van der Waals surface area contributed by atoms with Crippen LogP contribution in [0.4, 0.5) is 0 Å². The number of amides is 2. The Labute approximate surface area is 91.9 Å². The molecule has 0 bridgehead atoms. The zero-order valence-corrected chi connectivity index (χ0v) is 8.60. The fraction of sp³-hybridized carbons (Fsp3) is 0.500. The summed E-state index contributed by atoms with van der Waals surface area (Å²) >= 11 is 0. The second-order valence-corrected chi connectivity index (χ2v) is 3.93. The van der Waals surface area contributed by atoms with Crippen LogP contribution in [-0.2, 0) is 14.4 Å². The van der Waals surface area contributed by atoms with Crippen LogP contribution in [0.3, 0.4) is 0 Å². The lowest BCUT2D eigenvalue weighted by atomic mass is 9.86. The molecule has 16 heavy (non-hydrogen) atoms. The third-order valence-electron chi connectivity index (χ3n) is 3.07. The van der Waals surface area contributed by atoms with Crippen molar-refractivity contribution in [3.05, 3.63) is 12.2 Å². The van der Waals surface area contributed by atoms with Gasteiger partial charge in [-0.3, -0.25) is 14.5 Å². The van der Waals surface area contributed by atoms with Gasteiger partial charge in [0.1, 0.15) is 0 Å². The number of carboxylic acid groups (broad SMARTS) is 1. The molecule has 2 rings (SSSR count). The highest BCUT2D eigenvalue weighted by Crippen LogP contribution is 2.29. The first-order chi connectivity index (χ1) is 7.58. The third kappa shape index (κ3) is 1.42. The minimum absolute atomic E-state index is 0.251. The minimum Gasteiger partial charge on any atom is -0.479 e. The first-order valence-corrected chi connectivity index (χ1v) is 5.08. The maximum absolute atomic E-state index is 11.5. The van der Waals surface area contributed by atoms with Crippen molar-refractivity contribution in [2.45, 2.75) is 18.4 Å². The Morgan fingerprint density at radius 3 is 2.19 bits per heavy atom. The minimum atomic E-state index is -1.37. The van der Waals surface area contributed by atoms with Crippen LogP contribution in [-0.4, -0.2) is 46.4 Å². The van der Waals surface area contributed by atoms with Crippen molar-refractivity contribution in [1.29, 1.82) is 0 Å². The summed E-state index contributed by atoms with van der Waals surface area (Å²) in [5.74, 6) is -2.18. The largest absolute Gasteiger partial charge is 0.479 e. The predicted molar refractivity (Wildman–Crippen MR) is 53.5 cm³/mol. The van der Waals surface area contributed by atoms with E-state index in [1.165, 1.54) is 0 Å². The summed E-state index contributed by atoms with van der Waals surface area (Å²) in [7, 11) is 0. The molecule has 0 aromatic heterocycles. The van der Waals surface area contributed by atoms with Crippen molar-refractivity contribution >= 4 is 17.8 Å². The van der Waals surface area contributed by atoms with Crippen LogP contribution in [0.25, 0.3) is 0 Å². The summed E-state index contributed by atoms with van der Waals surface area (Å²) in [6.07, 6.45) is 2.74. The number of rotatable bonds is 2. The molecule has 1 fully saturated rings. The molecular formula is C10H12N2O4. The van der Waals surface area contributed by atoms with Crippen molar-refractivity contribution in [3.8, 4) is 0 Å². The Bertz CT molecular complexity index is 364. The molecule has 1 saturated heterocycles. The Balaban J connectivity index is 2.36. The molecule has 0 unspecified atom stereocenters. The van der Waals surface area contributed by atoms with Crippen LogP contribution in [0.2, 0.25) is 0 Å². The Hall–Kier alpha value is -1.69. The molecule has 2 N–H and O–H groups in total. The zero-order valence-electron chi connectivity index (χ0n) is 8.60. The first kappa shape index (κ1) is 10.8. The molecule has 6 heteroatoms. The lowest BCUT2D eigenvalue weighted by molar-refractivity contribution is -0.164. The Morgan fingerprint density at radius 2 is 1.75 bits per heavy atom. The van der Waals surface area contributed by atoms with E-state index >= 15 is 0 Å². The van der Waals surface area contributed by atoms with Gasteiger partial charge in [-0.1, -0.05) is 0 Å². The average Bonchev–Trinajstić information content (AvgIpc) is 2.60. The lowest BCUT2D eigenvalue weighted by Crippen LogP contribution is -2.61. The van der Waals surface area contributed by atoms with Crippen LogP contribution in [0.1, 0.15) is 12.8 Å².